The van der Waals surface area contributed by atoms with Gasteiger partial charge in [0.15, 0.2) is 5.82 Å². The lowest BCUT2D eigenvalue weighted by Gasteiger charge is -2.15. The zero-order valence-electron chi connectivity index (χ0n) is 19.8. The van der Waals surface area contributed by atoms with E-state index in [0.717, 1.165) is 22.4 Å². The molecule has 4 rings (SSSR count). The molecule has 0 atom stereocenters. The minimum absolute atomic E-state index is 0.235. The van der Waals surface area contributed by atoms with Crippen LogP contribution in [-0.2, 0) is 6.54 Å². The van der Waals surface area contributed by atoms with Gasteiger partial charge in [0, 0.05) is 46.0 Å². The molecule has 0 radical (unpaired) electrons. The van der Waals surface area contributed by atoms with Gasteiger partial charge in [-0.05, 0) is 42.8 Å². The second-order valence-corrected chi connectivity index (χ2v) is 7.87. The number of anilines is 1. The van der Waals surface area contributed by atoms with E-state index in [2.05, 4.69) is 15.5 Å². The van der Waals surface area contributed by atoms with E-state index in [9.17, 15) is 14.4 Å². The molecule has 0 bridgehead atoms. The molecule has 0 spiro atoms. The molecule has 35 heavy (non-hydrogen) atoms. The molecule has 10 heteroatoms. The first-order valence-corrected chi connectivity index (χ1v) is 10.8. The van der Waals surface area contributed by atoms with E-state index in [4.69, 9.17) is 14.2 Å². The fourth-order valence-corrected chi connectivity index (χ4v) is 3.92. The van der Waals surface area contributed by atoms with Gasteiger partial charge < -0.3 is 29.6 Å². The van der Waals surface area contributed by atoms with E-state index >= 15 is 0 Å². The molecule has 0 saturated heterocycles. The minimum atomic E-state index is -1.95. The standard InChI is InChI=1S/C25H25BFN3O5/c1-14-19-9-15(20-11-21(26(31)32)22(27)12-24(20)35-4)6-8-18(19)25(30-29-14)28-13-16-5-7-17(33-2)10-23(16)34-3/h5-12,31-32H,13H2,1-4H3,(H,28,30). The summed E-state index contributed by atoms with van der Waals surface area (Å²) < 4.78 is 30.3. The smallest absolute Gasteiger partial charge is 0.491 e. The lowest BCUT2D eigenvalue weighted by atomic mass is 9.78. The molecule has 0 unspecified atom stereocenters. The quantitative estimate of drug-likeness (QED) is 0.333. The lowest BCUT2D eigenvalue weighted by Crippen LogP contribution is -2.32. The van der Waals surface area contributed by atoms with Gasteiger partial charge in [-0.1, -0.05) is 6.07 Å². The van der Waals surface area contributed by atoms with Crippen LogP contribution in [0.2, 0.25) is 0 Å². The third-order valence-electron chi connectivity index (χ3n) is 5.81. The van der Waals surface area contributed by atoms with Crippen LogP contribution in [0.1, 0.15) is 11.3 Å². The van der Waals surface area contributed by atoms with Crippen LogP contribution in [0.3, 0.4) is 0 Å². The molecule has 0 amide bonds. The molecule has 3 aromatic carbocycles. The van der Waals surface area contributed by atoms with Gasteiger partial charge in [0.25, 0.3) is 0 Å². The SMILES string of the molecule is COc1ccc(CNc2nnc(C)c3cc(-c4cc(B(O)O)c(F)cc4OC)ccc23)c(OC)c1. The molecule has 3 N–H and O–H groups in total. The first kappa shape index (κ1) is 24.2. The number of hydrogen-bond acceptors (Lipinski definition) is 8. The molecule has 180 valence electrons. The van der Waals surface area contributed by atoms with Gasteiger partial charge in [0.2, 0.25) is 0 Å². The second-order valence-electron chi connectivity index (χ2n) is 7.87. The highest BCUT2D eigenvalue weighted by Crippen LogP contribution is 2.34. The Kier molecular flexibility index (Phi) is 7.04. The van der Waals surface area contributed by atoms with Gasteiger partial charge in [0.1, 0.15) is 23.1 Å². The fraction of sp³-hybridized carbons (Fsp3) is 0.200. The van der Waals surface area contributed by atoms with Crippen LogP contribution in [0.4, 0.5) is 10.2 Å². The number of halogens is 1. The Labute approximate surface area is 202 Å². The molecule has 1 aromatic heterocycles. The Morgan fingerprint density at radius 2 is 1.66 bits per heavy atom. The van der Waals surface area contributed by atoms with Crippen molar-refractivity contribution < 1.29 is 28.6 Å². The second kappa shape index (κ2) is 10.2. The zero-order chi connectivity index (χ0) is 25.1. The van der Waals surface area contributed by atoms with Crippen LogP contribution in [0.15, 0.2) is 48.5 Å². The number of nitrogens with zero attached hydrogens (tertiary/aromatic N) is 2. The van der Waals surface area contributed by atoms with E-state index in [0.29, 0.717) is 40.7 Å². The van der Waals surface area contributed by atoms with Crippen molar-refractivity contribution in [3.8, 4) is 28.4 Å². The summed E-state index contributed by atoms with van der Waals surface area (Å²) in [6, 6.07) is 13.7. The molecule has 1 heterocycles. The lowest BCUT2D eigenvalue weighted by molar-refractivity contribution is 0.391. The predicted molar refractivity (Wildman–Crippen MR) is 133 cm³/mol. The van der Waals surface area contributed by atoms with E-state index in [1.54, 1.807) is 14.2 Å². The number of aryl methyl sites for hydroxylation is 1. The van der Waals surface area contributed by atoms with E-state index < -0.39 is 12.9 Å². The van der Waals surface area contributed by atoms with Gasteiger partial charge in [-0.15, -0.1) is 5.10 Å². The van der Waals surface area contributed by atoms with Crippen LogP contribution < -0.4 is 25.0 Å². The number of aromatic nitrogens is 2. The van der Waals surface area contributed by atoms with Crippen molar-refractivity contribution in [1.82, 2.24) is 10.2 Å². The van der Waals surface area contributed by atoms with Crippen LogP contribution in [0.25, 0.3) is 21.9 Å². The van der Waals surface area contributed by atoms with Crippen LogP contribution in [0.5, 0.6) is 17.2 Å². The summed E-state index contributed by atoms with van der Waals surface area (Å²) in [5, 5.41) is 32.7. The number of rotatable bonds is 8. The molecular formula is C25H25BFN3O5. The van der Waals surface area contributed by atoms with Gasteiger partial charge in [-0.3, -0.25) is 0 Å². The average molecular weight is 477 g/mol. The summed E-state index contributed by atoms with van der Waals surface area (Å²) in [7, 11) is 2.69. The van der Waals surface area contributed by atoms with Crippen LogP contribution >= 0.6 is 0 Å². The van der Waals surface area contributed by atoms with Gasteiger partial charge >= 0.3 is 7.12 Å². The van der Waals surface area contributed by atoms with Crippen molar-refractivity contribution in [1.29, 1.82) is 0 Å². The molecular weight excluding hydrogens is 452 g/mol. The molecule has 0 fully saturated rings. The molecule has 0 aliphatic carbocycles. The summed E-state index contributed by atoms with van der Waals surface area (Å²) in [4.78, 5) is 0. The van der Waals surface area contributed by atoms with Crippen molar-refractivity contribution in [2.45, 2.75) is 13.5 Å². The normalized spacial score (nSPS) is 10.8. The summed E-state index contributed by atoms with van der Waals surface area (Å²) in [5.41, 5.74) is 2.62. The molecule has 0 aliphatic heterocycles. The maximum Gasteiger partial charge on any atom is 0.491 e. The van der Waals surface area contributed by atoms with Gasteiger partial charge in [-0.2, -0.15) is 5.10 Å². The van der Waals surface area contributed by atoms with Crippen molar-refractivity contribution in [2.24, 2.45) is 0 Å². The maximum atomic E-state index is 14.2. The van der Waals surface area contributed by atoms with Crippen molar-refractivity contribution in [2.75, 3.05) is 26.6 Å². The predicted octanol–water partition coefficient (Wildman–Crippen LogP) is 3.06. The van der Waals surface area contributed by atoms with Gasteiger partial charge in [-0.25, -0.2) is 4.39 Å². The third kappa shape index (κ3) is 4.84. The monoisotopic (exact) mass is 477 g/mol. The fourth-order valence-electron chi connectivity index (χ4n) is 3.92. The summed E-state index contributed by atoms with van der Waals surface area (Å²) in [6.45, 7) is 2.30. The number of benzene rings is 3. The first-order valence-electron chi connectivity index (χ1n) is 10.8. The van der Waals surface area contributed by atoms with Crippen molar-refractivity contribution in [3.63, 3.8) is 0 Å². The number of ether oxygens (including phenoxy) is 3. The summed E-state index contributed by atoms with van der Waals surface area (Å²) in [5.74, 6) is 1.49. The molecule has 4 aromatic rings. The number of fused-ring (bicyclic) bond motifs is 1. The number of nitrogens with one attached hydrogen (secondary N) is 1. The van der Waals surface area contributed by atoms with E-state index in [-0.39, 0.29) is 11.2 Å². The average Bonchev–Trinajstić information content (AvgIpc) is 2.87. The minimum Gasteiger partial charge on any atom is -0.497 e. The highest BCUT2D eigenvalue weighted by atomic mass is 19.1. The highest BCUT2D eigenvalue weighted by molar-refractivity contribution is 6.58. The number of hydrogen-bond donors (Lipinski definition) is 3. The molecule has 0 aliphatic rings. The van der Waals surface area contributed by atoms with Crippen LogP contribution in [0, 0.1) is 12.7 Å². The Morgan fingerprint density at radius 1 is 0.886 bits per heavy atom. The first-order chi connectivity index (χ1) is 16.9. The van der Waals surface area contributed by atoms with E-state index in [1.165, 1.54) is 13.2 Å². The van der Waals surface area contributed by atoms with Crippen molar-refractivity contribution in [3.05, 3.63) is 65.6 Å². The van der Waals surface area contributed by atoms with Crippen LogP contribution in [-0.4, -0.2) is 48.7 Å². The summed E-state index contributed by atoms with van der Waals surface area (Å²) in [6.07, 6.45) is 0. The Balaban J connectivity index is 1.72. The Bertz CT molecular complexity index is 1380. The molecule has 0 saturated carbocycles. The highest BCUT2D eigenvalue weighted by Gasteiger charge is 2.21. The zero-order valence-corrected chi connectivity index (χ0v) is 19.8. The topological polar surface area (TPSA) is 106 Å². The number of methoxy groups -OCH3 is 3. The van der Waals surface area contributed by atoms with Gasteiger partial charge in [0.05, 0.1) is 27.0 Å². The molecule has 8 nitrogen and oxygen atoms in total. The largest absolute Gasteiger partial charge is 0.497 e. The third-order valence-corrected chi connectivity index (χ3v) is 5.81. The Morgan fingerprint density at radius 3 is 2.34 bits per heavy atom. The maximum absolute atomic E-state index is 14.2. The van der Waals surface area contributed by atoms with Crippen molar-refractivity contribution >= 4 is 29.2 Å². The summed E-state index contributed by atoms with van der Waals surface area (Å²) >= 11 is 0. The Hall–Kier alpha value is -3.89. The van der Waals surface area contributed by atoms with E-state index in [1.807, 2.05) is 43.3 Å².